The summed E-state index contributed by atoms with van der Waals surface area (Å²) in [5, 5.41) is 22.9. The highest BCUT2D eigenvalue weighted by molar-refractivity contribution is 6.27. The summed E-state index contributed by atoms with van der Waals surface area (Å²) in [7, 11) is 1.61. The molecule has 10 heteroatoms. The molecule has 0 bridgehead atoms. The van der Waals surface area contributed by atoms with Gasteiger partial charge in [-0.25, -0.2) is 14.4 Å². The zero-order valence-corrected chi connectivity index (χ0v) is 15.6. The zero-order valence-electron chi connectivity index (χ0n) is 15.6. The van der Waals surface area contributed by atoms with Crippen molar-refractivity contribution in [3.8, 4) is 5.75 Å². The summed E-state index contributed by atoms with van der Waals surface area (Å²) >= 11 is 0. The Kier molecular flexibility index (Phi) is 10.0. The molecule has 0 spiro atoms. The second-order valence-corrected chi connectivity index (χ2v) is 6.07. The molecule has 1 aromatic carbocycles. The van der Waals surface area contributed by atoms with Gasteiger partial charge in [-0.15, -0.1) is 0 Å². The molecule has 3 amide bonds. The number of aliphatic carboxylic acids is 2. The van der Waals surface area contributed by atoms with Gasteiger partial charge in [0.1, 0.15) is 5.75 Å². The fourth-order valence-corrected chi connectivity index (χ4v) is 2.57. The first-order chi connectivity index (χ1) is 13.3. The van der Waals surface area contributed by atoms with Gasteiger partial charge in [0, 0.05) is 12.6 Å². The third kappa shape index (κ3) is 9.53. The van der Waals surface area contributed by atoms with Gasteiger partial charge in [-0.05, 0) is 30.5 Å². The van der Waals surface area contributed by atoms with Gasteiger partial charge in [0.05, 0.1) is 13.7 Å². The third-order valence-electron chi connectivity index (χ3n) is 3.88. The van der Waals surface area contributed by atoms with E-state index in [1.165, 1.54) is 0 Å². The summed E-state index contributed by atoms with van der Waals surface area (Å²) in [6.45, 7) is 0.629. The number of carbonyl (C=O) groups is 4. The van der Waals surface area contributed by atoms with Crippen molar-refractivity contribution in [3.05, 3.63) is 29.8 Å². The Morgan fingerprint density at radius 3 is 2.32 bits per heavy atom. The fraction of sp³-hybridized carbons (Fsp3) is 0.444. The van der Waals surface area contributed by atoms with Crippen molar-refractivity contribution < 1.29 is 34.1 Å². The number of methoxy groups -OCH3 is 1. The number of nitrogens with one attached hydrogen (secondary N) is 3. The SMILES string of the molecule is COc1cccc(CNCC(=O)NC(=O)NC2CCCC2)c1.O=C(O)C(=O)O. The van der Waals surface area contributed by atoms with Crippen molar-refractivity contribution in [2.45, 2.75) is 38.3 Å². The van der Waals surface area contributed by atoms with E-state index < -0.39 is 18.0 Å². The van der Waals surface area contributed by atoms with Crippen LogP contribution in [0.5, 0.6) is 5.75 Å². The van der Waals surface area contributed by atoms with Crippen LogP contribution in [0.25, 0.3) is 0 Å². The number of carboxylic acids is 2. The molecule has 1 aliphatic carbocycles. The molecule has 0 saturated heterocycles. The summed E-state index contributed by atoms with van der Waals surface area (Å²) in [4.78, 5) is 41.5. The lowest BCUT2D eigenvalue weighted by molar-refractivity contribution is -0.159. The number of imide groups is 1. The standard InChI is InChI=1S/C16H23N3O3.C2H2O4/c1-22-14-8-4-5-12(9-14)10-17-11-15(20)19-16(21)18-13-6-2-3-7-13;3-1(4)2(5)6/h4-5,8-9,13,17H,2-3,6-7,10-11H2,1H3,(H2,18,19,20,21);(H,3,4)(H,5,6). The second kappa shape index (κ2) is 12.3. The number of hydrogen-bond donors (Lipinski definition) is 5. The normalized spacial score (nSPS) is 13.0. The van der Waals surface area contributed by atoms with Gasteiger partial charge in [-0.1, -0.05) is 25.0 Å². The number of carboxylic acid groups (broad SMARTS) is 2. The van der Waals surface area contributed by atoms with Crippen molar-refractivity contribution in [3.63, 3.8) is 0 Å². The van der Waals surface area contributed by atoms with E-state index in [4.69, 9.17) is 24.5 Å². The van der Waals surface area contributed by atoms with Crippen molar-refractivity contribution in [1.29, 1.82) is 0 Å². The average molecular weight is 395 g/mol. The summed E-state index contributed by atoms with van der Waals surface area (Å²) in [5.74, 6) is -3.21. The first-order valence-corrected chi connectivity index (χ1v) is 8.72. The molecule has 0 radical (unpaired) electrons. The number of amides is 3. The molecule has 1 fully saturated rings. The molecule has 0 unspecified atom stereocenters. The van der Waals surface area contributed by atoms with Gasteiger partial charge in [0.15, 0.2) is 0 Å². The summed E-state index contributed by atoms with van der Waals surface area (Å²) in [6.07, 6.45) is 4.27. The largest absolute Gasteiger partial charge is 0.497 e. The molecular formula is C18H25N3O7. The second-order valence-electron chi connectivity index (χ2n) is 6.07. The molecule has 154 valence electrons. The van der Waals surface area contributed by atoms with Crippen LogP contribution < -0.4 is 20.7 Å². The van der Waals surface area contributed by atoms with Crippen LogP contribution in [0.3, 0.4) is 0 Å². The summed E-state index contributed by atoms with van der Waals surface area (Å²) in [6, 6.07) is 7.41. The summed E-state index contributed by atoms with van der Waals surface area (Å²) < 4.78 is 5.14. The molecule has 5 N–H and O–H groups in total. The molecule has 1 saturated carbocycles. The molecule has 28 heavy (non-hydrogen) atoms. The summed E-state index contributed by atoms with van der Waals surface area (Å²) in [5.41, 5.74) is 1.02. The van der Waals surface area contributed by atoms with Crippen molar-refractivity contribution in [1.82, 2.24) is 16.0 Å². The molecule has 0 atom stereocenters. The van der Waals surface area contributed by atoms with Gasteiger partial charge in [-0.2, -0.15) is 0 Å². The lowest BCUT2D eigenvalue weighted by Crippen LogP contribution is -2.46. The van der Waals surface area contributed by atoms with E-state index in [2.05, 4.69) is 16.0 Å². The van der Waals surface area contributed by atoms with E-state index >= 15 is 0 Å². The Morgan fingerprint density at radius 2 is 1.75 bits per heavy atom. The lowest BCUT2D eigenvalue weighted by Gasteiger charge is -2.12. The topological polar surface area (TPSA) is 154 Å². The maximum atomic E-state index is 11.7. The maximum Gasteiger partial charge on any atom is 0.414 e. The van der Waals surface area contributed by atoms with E-state index in [-0.39, 0.29) is 18.5 Å². The minimum absolute atomic E-state index is 0.0926. The molecule has 1 aliphatic rings. The first kappa shape index (κ1) is 22.9. The molecule has 0 aliphatic heterocycles. The van der Waals surface area contributed by atoms with Crippen LogP contribution in [0.1, 0.15) is 31.2 Å². The van der Waals surface area contributed by atoms with Crippen LogP contribution in [0, 0.1) is 0 Å². The Labute approximate surface area is 162 Å². The monoisotopic (exact) mass is 395 g/mol. The first-order valence-electron chi connectivity index (χ1n) is 8.72. The molecular weight excluding hydrogens is 370 g/mol. The van der Waals surface area contributed by atoms with Crippen LogP contribution in [0.2, 0.25) is 0 Å². The van der Waals surface area contributed by atoms with E-state index in [0.29, 0.717) is 6.54 Å². The van der Waals surface area contributed by atoms with Crippen molar-refractivity contribution in [2.75, 3.05) is 13.7 Å². The molecule has 10 nitrogen and oxygen atoms in total. The Balaban J connectivity index is 0.000000568. The van der Waals surface area contributed by atoms with Crippen LogP contribution in [0.4, 0.5) is 4.79 Å². The predicted molar refractivity (Wildman–Crippen MR) is 98.9 cm³/mol. The molecule has 1 aromatic rings. The Morgan fingerprint density at radius 1 is 1.11 bits per heavy atom. The van der Waals surface area contributed by atoms with Crippen LogP contribution in [-0.4, -0.2) is 53.8 Å². The smallest absolute Gasteiger partial charge is 0.414 e. The van der Waals surface area contributed by atoms with E-state index in [1.807, 2.05) is 24.3 Å². The van der Waals surface area contributed by atoms with Gasteiger partial charge >= 0.3 is 18.0 Å². The van der Waals surface area contributed by atoms with Gasteiger partial charge in [-0.3, -0.25) is 10.1 Å². The van der Waals surface area contributed by atoms with Crippen LogP contribution >= 0.6 is 0 Å². The third-order valence-corrected chi connectivity index (χ3v) is 3.88. The van der Waals surface area contributed by atoms with E-state index in [9.17, 15) is 9.59 Å². The number of urea groups is 1. The average Bonchev–Trinajstić information content (AvgIpc) is 3.15. The van der Waals surface area contributed by atoms with Crippen LogP contribution in [-0.2, 0) is 20.9 Å². The quantitative estimate of drug-likeness (QED) is 0.441. The number of hydrogen-bond acceptors (Lipinski definition) is 6. The van der Waals surface area contributed by atoms with Gasteiger partial charge in [0.25, 0.3) is 0 Å². The minimum Gasteiger partial charge on any atom is -0.497 e. The number of ether oxygens (including phenoxy) is 1. The minimum atomic E-state index is -1.82. The highest BCUT2D eigenvalue weighted by Crippen LogP contribution is 2.17. The number of rotatable bonds is 6. The predicted octanol–water partition coefficient (Wildman–Crippen LogP) is 0.709. The van der Waals surface area contributed by atoms with E-state index in [0.717, 1.165) is 37.0 Å². The number of benzene rings is 1. The fourth-order valence-electron chi connectivity index (χ4n) is 2.57. The highest BCUT2D eigenvalue weighted by atomic mass is 16.5. The lowest BCUT2D eigenvalue weighted by atomic mass is 10.2. The van der Waals surface area contributed by atoms with Gasteiger partial charge < -0.3 is 25.6 Å². The van der Waals surface area contributed by atoms with Crippen molar-refractivity contribution in [2.24, 2.45) is 0 Å². The Hall–Kier alpha value is -3.14. The molecule has 0 heterocycles. The van der Waals surface area contributed by atoms with Crippen LogP contribution in [0.15, 0.2) is 24.3 Å². The molecule has 2 rings (SSSR count). The molecule has 0 aromatic heterocycles. The van der Waals surface area contributed by atoms with Crippen molar-refractivity contribution >= 4 is 23.9 Å². The highest BCUT2D eigenvalue weighted by Gasteiger charge is 2.17. The van der Waals surface area contributed by atoms with E-state index in [1.54, 1.807) is 7.11 Å². The maximum absolute atomic E-state index is 11.7. The zero-order chi connectivity index (χ0) is 20.9. The number of carbonyl (C=O) groups excluding carboxylic acids is 2. The van der Waals surface area contributed by atoms with Gasteiger partial charge in [0.2, 0.25) is 5.91 Å². The Bertz CT molecular complexity index is 676.